The van der Waals surface area contributed by atoms with Crippen LogP contribution in [0.3, 0.4) is 0 Å². The lowest BCUT2D eigenvalue weighted by Gasteiger charge is -2.18. The standard InChI is InChI=1S/C24H18ClFN2O/c1-12-15-4-5-16(23(22(12)15)19-11-14(25)3-6-20(19)26)13-2-7-21-18(10-13)17(24(27)29)8-9-28-21/h2-12,15,22H,1H3,(H2,27,29). The van der Waals surface area contributed by atoms with Gasteiger partial charge in [-0.3, -0.25) is 9.78 Å². The van der Waals surface area contributed by atoms with E-state index in [0.717, 1.165) is 16.7 Å². The van der Waals surface area contributed by atoms with E-state index in [1.165, 1.54) is 6.07 Å². The zero-order chi connectivity index (χ0) is 20.3. The van der Waals surface area contributed by atoms with Crippen molar-refractivity contribution in [1.82, 2.24) is 4.98 Å². The molecule has 3 unspecified atom stereocenters. The third kappa shape index (κ3) is 2.87. The summed E-state index contributed by atoms with van der Waals surface area (Å²) in [4.78, 5) is 16.2. The number of hydrogen-bond donors (Lipinski definition) is 1. The molecule has 144 valence electrons. The maximum atomic E-state index is 14.8. The number of amides is 1. The summed E-state index contributed by atoms with van der Waals surface area (Å²) < 4.78 is 14.8. The first kappa shape index (κ1) is 18.1. The Morgan fingerprint density at radius 1 is 1.17 bits per heavy atom. The maximum absolute atomic E-state index is 14.8. The van der Waals surface area contributed by atoms with E-state index in [4.69, 9.17) is 17.3 Å². The molecule has 1 amide bonds. The topological polar surface area (TPSA) is 56.0 Å². The molecule has 29 heavy (non-hydrogen) atoms. The molecule has 5 rings (SSSR count). The van der Waals surface area contributed by atoms with Gasteiger partial charge in [-0.2, -0.15) is 0 Å². The first-order chi connectivity index (χ1) is 14.0. The van der Waals surface area contributed by atoms with Gasteiger partial charge in [0.25, 0.3) is 0 Å². The Morgan fingerprint density at radius 2 is 2.00 bits per heavy atom. The number of fused-ring (bicyclic) bond motifs is 2. The maximum Gasteiger partial charge on any atom is 0.249 e. The first-order valence-electron chi connectivity index (χ1n) is 9.52. The van der Waals surface area contributed by atoms with Crippen molar-refractivity contribution in [3.05, 3.63) is 88.3 Å². The number of carbonyl (C=O) groups is 1. The number of aromatic nitrogens is 1. The van der Waals surface area contributed by atoms with Gasteiger partial charge >= 0.3 is 0 Å². The van der Waals surface area contributed by atoms with Crippen LogP contribution in [-0.2, 0) is 0 Å². The highest BCUT2D eigenvalue weighted by atomic mass is 35.5. The van der Waals surface area contributed by atoms with Crippen LogP contribution in [0.2, 0.25) is 5.02 Å². The minimum absolute atomic E-state index is 0.253. The third-order valence-electron chi connectivity index (χ3n) is 6.09. The predicted molar refractivity (Wildman–Crippen MR) is 114 cm³/mol. The number of hydrogen-bond acceptors (Lipinski definition) is 2. The molecule has 5 heteroatoms. The first-order valence-corrected chi connectivity index (χ1v) is 9.90. The van der Waals surface area contributed by atoms with Crippen LogP contribution >= 0.6 is 11.6 Å². The average molecular weight is 405 g/mol. The van der Waals surface area contributed by atoms with Crippen molar-refractivity contribution in [1.29, 1.82) is 0 Å². The summed E-state index contributed by atoms with van der Waals surface area (Å²) in [5, 5.41) is 1.20. The number of pyridine rings is 1. The molecule has 1 heterocycles. The second kappa shape index (κ2) is 6.53. The molecule has 2 aliphatic carbocycles. The average Bonchev–Trinajstić information content (AvgIpc) is 3.38. The summed E-state index contributed by atoms with van der Waals surface area (Å²) in [7, 11) is 0. The summed E-state index contributed by atoms with van der Waals surface area (Å²) in [5.74, 6) is 0.328. The van der Waals surface area contributed by atoms with Crippen molar-refractivity contribution in [2.24, 2.45) is 23.5 Å². The largest absolute Gasteiger partial charge is 0.366 e. The van der Waals surface area contributed by atoms with Crippen LogP contribution in [0.5, 0.6) is 0 Å². The van der Waals surface area contributed by atoms with Crippen molar-refractivity contribution in [3.8, 4) is 0 Å². The smallest absolute Gasteiger partial charge is 0.249 e. The monoisotopic (exact) mass is 404 g/mol. The second-order valence-corrected chi connectivity index (χ2v) is 8.16. The van der Waals surface area contributed by atoms with Gasteiger partial charge in [0.05, 0.1) is 11.1 Å². The molecule has 1 aromatic heterocycles. The van der Waals surface area contributed by atoms with Crippen molar-refractivity contribution >= 4 is 39.6 Å². The van der Waals surface area contributed by atoms with Gasteiger partial charge in [0.1, 0.15) is 5.82 Å². The van der Waals surface area contributed by atoms with E-state index in [9.17, 15) is 9.18 Å². The number of benzene rings is 2. The summed E-state index contributed by atoms with van der Waals surface area (Å²) in [6.07, 6.45) is 5.83. The Morgan fingerprint density at radius 3 is 2.79 bits per heavy atom. The molecule has 0 bridgehead atoms. The molecule has 0 spiro atoms. The van der Waals surface area contributed by atoms with Crippen LogP contribution < -0.4 is 5.73 Å². The highest BCUT2D eigenvalue weighted by Gasteiger charge is 2.50. The van der Waals surface area contributed by atoms with E-state index in [1.807, 2.05) is 18.2 Å². The zero-order valence-electron chi connectivity index (χ0n) is 15.7. The molecule has 0 radical (unpaired) electrons. The van der Waals surface area contributed by atoms with Crippen molar-refractivity contribution < 1.29 is 9.18 Å². The van der Waals surface area contributed by atoms with Crippen LogP contribution in [0.4, 0.5) is 4.39 Å². The van der Waals surface area contributed by atoms with Gasteiger partial charge in [0, 0.05) is 22.2 Å². The highest BCUT2D eigenvalue weighted by Crippen LogP contribution is 2.59. The Bertz CT molecular complexity index is 1250. The second-order valence-electron chi connectivity index (χ2n) is 7.73. The van der Waals surface area contributed by atoms with Gasteiger partial charge in [-0.25, -0.2) is 4.39 Å². The zero-order valence-corrected chi connectivity index (χ0v) is 16.5. The minimum Gasteiger partial charge on any atom is -0.366 e. The molecule has 2 N–H and O–H groups in total. The van der Waals surface area contributed by atoms with Crippen molar-refractivity contribution in [2.45, 2.75) is 6.92 Å². The Kier molecular flexibility index (Phi) is 4.07. The molecule has 1 saturated carbocycles. The summed E-state index contributed by atoms with van der Waals surface area (Å²) in [6.45, 7) is 2.18. The number of allylic oxidation sites excluding steroid dienone is 4. The van der Waals surface area contributed by atoms with Gasteiger partial charge in [-0.1, -0.05) is 36.7 Å². The minimum atomic E-state index is -0.500. The van der Waals surface area contributed by atoms with Gasteiger partial charge in [-0.15, -0.1) is 0 Å². The predicted octanol–water partition coefficient (Wildman–Crippen LogP) is 5.49. The van der Waals surface area contributed by atoms with E-state index in [0.29, 0.717) is 38.9 Å². The van der Waals surface area contributed by atoms with E-state index in [2.05, 4.69) is 24.1 Å². The summed E-state index contributed by atoms with van der Waals surface area (Å²) in [6, 6.07) is 12.0. The van der Waals surface area contributed by atoms with Crippen LogP contribution in [0, 0.1) is 23.6 Å². The Labute approximate surface area is 172 Å². The van der Waals surface area contributed by atoms with Crippen molar-refractivity contribution in [3.63, 3.8) is 0 Å². The fourth-order valence-corrected chi connectivity index (χ4v) is 4.70. The van der Waals surface area contributed by atoms with Gasteiger partial charge in [-0.05, 0) is 70.9 Å². The quantitative estimate of drug-likeness (QED) is 0.627. The molecule has 3 nitrogen and oxygen atoms in total. The molecule has 0 saturated heterocycles. The lowest BCUT2D eigenvalue weighted by atomic mass is 9.86. The Balaban J connectivity index is 1.77. The number of primary amides is 1. The number of carbonyl (C=O) groups excluding carboxylic acids is 1. The van der Waals surface area contributed by atoms with E-state index in [1.54, 1.807) is 24.4 Å². The van der Waals surface area contributed by atoms with E-state index < -0.39 is 5.91 Å². The molecule has 0 aliphatic heterocycles. The van der Waals surface area contributed by atoms with E-state index in [-0.39, 0.29) is 11.7 Å². The van der Waals surface area contributed by atoms with Gasteiger partial charge in [0.2, 0.25) is 5.91 Å². The molecule has 2 aromatic carbocycles. The highest BCUT2D eigenvalue weighted by molar-refractivity contribution is 6.30. The van der Waals surface area contributed by atoms with Crippen LogP contribution in [-0.4, -0.2) is 10.9 Å². The normalized spacial score (nSPS) is 22.7. The van der Waals surface area contributed by atoms with Crippen molar-refractivity contribution in [2.75, 3.05) is 0 Å². The molecule has 2 aliphatic rings. The third-order valence-corrected chi connectivity index (χ3v) is 6.33. The molecule has 3 atom stereocenters. The summed E-state index contributed by atoms with van der Waals surface area (Å²) in [5.41, 5.74) is 10.0. The molecular formula is C24H18ClFN2O. The van der Waals surface area contributed by atoms with Crippen LogP contribution in [0.25, 0.3) is 22.0 Å². The Hall–Kier alpha value is -2.98. The van der Waals surface area contributed by atoms with Crippen LogP contribution in [0.1, 0.15) is 28.4 Å². The fraction of sp³-hybridized carbons (Fsp3) is 0.167. The lowest BCUT2D eigenvalue weighted by Crippen LogP contribution is -2.11. The number of nitrogens with two attached hydrogens (primary N) is 1. The van der Waals surface area contributed by atoms with Gasteiger partial charge < -0.3 is 5.73 Å². The number of nitrogens with zero attached hydrogens (tertiary/aromatic N) is 1. The lowest BCUT2D eigenvalue weighted by molar-refractivity contribution is 0.100. The number of halogens is 2. The molecule has 1 fully saturated rings. The van der Waals surface area contributed by atoms with Gasteiger partial charge in [0.15, 0.2) is 0 Å². The summed E-state index contributed by atoms with van der Waals surface area (Å²) >= 11 is 6.19. The number of rotatable bonds is 3. The van der Waals surface area contributed by atoms with E-state index >= 15 is 0 Å². The SMILES string of the molecule is CC1C2C=CC(c3ccc4nccc(C(N)=O)c4c3)=C(c3cc(Cl)ccc3F)C12. The molecule has 3 aromatic rings. The van der Waals surface area contributed by atoms with Crippen LogP contribution in [0.15, 0.2) is 60.8 Å². The molecular weight excluding hydrogens is 387 g/mol. The fourth-order valence-electron chi connectivity index (χ4n) is 4.53.